The average molecular weight is 220 g/mol. The van der Waals surface area contributed by atoms with Gasteiger partial charge >= 0.3 is 0 Å². The van der Waals surface area contributed by atoms with Gasteiger partial charge in [0.05, 0.1) is 4.92 Å². The smallest absolute Gasteiger partial charge is 0.274 e. The highest BCUT2D eigenvalue weighted by atomic mass is 16.6. The Kier molecular flexibility index (Phi) is 3.08. The van der Waals surface area contributed by atoms with Gasteiger partial charge in [0.1, 0.15) is 0 Å². The van der Waals surface area contributed by atoms with Crippen molar-refractivity contribution in [3.8, 4) is 0 Å². The van der Waals surface area contributed by atoms with E-state index in [-0.39, 0.29) is 10.6 Å². The van der Waals surface area contributed by atoms with Crippen molar-refractivity contribution >= 4 is 11.4 Å². The van der Waals surface area contributed by atoms with Crippen molar-refractivity contribution < 1.29 is 4.92 Å². The highest BCUT2D eigenvalue weighted by Crippen LogP contribution is 2.32. The van der Waals surface area contributed by atoms with Gasteiger partial charge in [-0.1, -0.05) is 18.9 Å². The fourth-order valence-electron chi connectivity index (χ4n) is 1.74. The van der Waals surface area contributed by atoms with Crippen molar-refractivity contribution in [2.45, 2.75) is 26.2 Å². The summed E-state index contributed by atoms with van der Waals surface area (Å²) in [6.45, 7) is 2.66. The molecule has 0 amide bonds. The molecular weight excluding hydrogens is 204 g/mol. The average Bonchev–Trinajstić information content (AvgIpc) is 3.04. The molecule has 1 aliphatic carbocycles. The van der Waals surface area contributed by atoms with E-state index in [4.69, 9.17) is 0 Å². The molecule has 1 aromatic carbocycles. The zero-order valence-electron chi connectivity index (χ0n) is 9.40. The van der Waals surface area contributed by atoms with E-state index < -0.39 is 0 Å². The largest absolute Gasteiger partial charge is 0.385 e. The molecule has 86 valence electrons. The molecule has 0 unspecified atom stereocenters. The van der Waals surface area contributed by atoms with Gasteiger partial charge in [-0.05, 0) is 25.3 Å². The van der Waals surface area contributed by atoms with Crippen LogP contribution in [-0.4, -0.2) is 11.5 Å². The molecule has 0 saturated heterocycles. The van der Waals surface area contributed by atoms with Crippen LogP contribution in [0, 0.1) is 23.0 Å². The standard InChI is InChI=1S/C12H16N2O2/c1-9-2-5-11(8-12(9)14(15)16)13-7-6-10-3-4-10/h2,5,8,10,13H,3-4,6-7H2,1H3. The first-order valence-corrected chi connectivity index (χ1v) is 5.66. The van der Waals surface area contributed by atoms with E-state index in [9.17, 15) is 10.1 Å². The van der Waals surface area contributed by atoms with E-state index in [1.807, 2.05) is 6.07 Å². The van der Waals surface area contributed by atoms with Crippen LogP contribution in [0.3, 0.4) is 0 Å². The maximum Gasteiger partial charge on any atom is 0.274 e. The Bertz CT molecular complexity index is 400. The van der Waals surface area contributed by atoms with E-state index in [2.05, 4.69) is 5.32 Å². The Hall–Kier alpha value is -1.58. The highest BCUT2D eigenvalue weighted by Gasteiger charge is 2.20. The van der Waals surface area contributed by atoms with Crippen molar-refractivity contribution in [2.24, 2.45) is 5.92 Å². The van der Waals surface area contributed by atoms with Gasteiger partial charge in [0, 0.05) is 23.9 Å². The number of aryl methyl sites for hydroxylation is 1. The number of benzene rings is 1. The molecule has 4 nitrogen and oxygen atoms in total. The van der Waals surface area contributed by atoms with Crippen LogP contribution >= 0.6 is 0 Å². The highest BCUT2D eigenvalue weighted by molar-refractivity contribution is 5.54. The Morgan fingerprint density at radius 1 is 1.50 bits per heavy atom. The van der Waals surface area contributed by atoms with Gasteiger partial charge in [-0.3, -0.25) is 10.1 Å². The summed E-state index contributed by atoms with van der Waals surface area (Å²) in [7, 11) is 0. The van der Waals surface area contributed by atoms with Crippen molar-refractivity contribution in [1.29, 1.82) is 0 Å². The van der Waals surface area contributed by atoms with Gasteiger partial charge in [0.2, 0.25) is 0 Å². The van der Waals surface area contributed by atoms with E-state index in [1.54, 1.807) is 19.1 Å². The Balaban J connectivity index is 1.97. The van der Waals surface area contributed by atoms with Gasteiger partial charge in [0.25, 0.3) is 5.69 Å². The first-order valence-electron chi connectivity index (χ1n) is 5.66. The Morgan fingerprint density at radius 2 is 2.25 bits per heavy atom. The van der Waals surface area contributed by atoms with Gasteiger partial charge in [-0.15, -0.1) is 0 Å². The minimum absolute atomic E-state index is 0.191. The molecule has 1 fully saturated rings. The van der Waals surface area contributed by atoms with E-state index >= 15 is 0 Å². The van der Waals surface area contributed by atoms with Crippen LogP contribution in [-0.2, 0) is 0 Å². The molecule has 0 radical (unpaired) electrons. The zero-order chi connectivity index (χ0) is 11.5. The lowest BCUT2D eigenvalue weighted by molar-refractivity contribution is -0.385. The van der Waals surface area contributed by atoms with E-state index in [0.29, 0.717) is 5.56 Å². The summed E-state index contributed by atoms with van der Waals surface area (Å²) in [6.07, 6.45) is 3.85. The summed E-state index contributed by atoms with van der Waals surface area (Å²) in [6, 6.07) is 5.30. The lowest BCUT2D eigenvalue weighted by atomic mass is 10.2. The molecule has 1 aliphatic rings. The summed E-state index contributed by atoms with van der Waals surface area (Å²) in [5, 5.41) is 14.0. The molecule has 0 aliphatic heterocycles. The van der Waals surface area contributed by atoms with Crippen LogP contribution in [0.2, 0.25) is 0 Å². The molecule has 4 heteroatoms. The lowest BCUT2D eigenvalue weighted by Gasteiger charge is -2.06. The molecule has 0 bridgehead atoms. The lowest BCUT2D eigenvalue weighted by Crippen LogP contribution is -2.03. The molecule has 1 aromatic rings. The molecular formula is C12H16N2O2. The molecule has 2 rings (SSSR count). The zero-order valence-corrected chi connectivity index (χ0v) is 9.40. The number of rotatable bonds is 5. The molecule has 16 heavy (non-hydrogen) atoms. The number of nitrogens with one attached hydrogen (secondary N) is 1. The van der Waals surface area contributed by atoms with Crippen LogP contribution in [0.15, 0.2) is 18.2 Å². The predicted molar refractivity (Wildman–Crippen MR) is 63.7 cm³/mol. The second kappa shape index (κ2) is 4.51. The first kappa shape index (κ1) is 10.9. The van der Waals surface area contributed by atoms with Gasteiger partial charge < -0.3 is 5.32 Å². The summed E-state index contributed by atoms with van der Waals surface area (Å²) in [5.74, 6) is 0.882. The molecule has 1 saturated carbocycles. The molecule has 0 spiro atoms. The number of nitro groups is 1. The minimum atomic E-state index is -0.332. The number of nitro benzene ring substituents is 1. The van der Waals surface area contributed by atoms with Crippen molar-refractivity contribution in [3.05, 3.63) is 33.9 Å². The van der Waals surface area contributed by atoms with Crippen molar-refractivity contribution in [1.82, 2.24) is 0 Å². The second-order valence-electron chi connectivity index (χ2n) is 4.42. The summed E-state index contributed by atoms with van der Waals surface area (Å²) < 4.78 is 0. The maximum atomic E-state index is 10.7. The quantitative estimate of drug-likeness (QED) is 0.612. The van der Waals surface area contributed by atoms with Crippen molar-refractivity contribution in [3.63, 3.8) is 0 Å². The van der Waals surface area contributed by atoms with Gasteiger partial charge in [-0.2, -0.15) is 0 Å². The van der Waals surface area contributed by atoms with Crippen LogP contribution in [0.25, 0.3) is 0 Å². The molecule has 1 N–H and O–H groups in total. The van der Waals surface area contributed by atoms with E-state index in [0.717, 1.165) is 18.2 Å². The first-order chi connectivity index (χ1) is 7.66. The topological polar surface area (TPSA) is 55.2 Å². The second-order valence-corrected chi connectivity index (χ2v) is 4.42. The molecule has 0 atom stereocenters. The van der Waals surface area contributed by atoms with Gasteiger partial charge in [-0.25, -0.2) is 0 Å². The monoisotopic (exact) mass is 220 g/mol. The SMILES string of the molecule is Cc1ccc(NCCC2CC2)cc1[N+](=O)[O-]. The Labute approximate surface area is 94.8 Å². The van der Waals surface area contributed by atoms with Crippen LogP contribution in [0.1, 0.15) is 24.8 Å². The number of hydrogen-bond acceptors (Lipinski definition) is 3. The number of nitrogens with zero attached hydrogens (tertiary/aromatic N) is 1. The number of hydrogen-bond donors (Lipinski definition) is 1. The van der Waals surface area contributed by atoms with E-state index in [1.165, 1.54) is 19.3 Å². The fourth-order valence-corrected chi connectivity index (χ4v) is 1.74. The summed E-state index contributed by atoms with van der Waals surface area (Å²) >= 11 is 0. The fraction of sp³-hybridized carbons (Fsp3) is 0.500. The molecule has 0 aromatic heterocycles. The third kappa shape index (κ3) is 2.72. The third-order valence-electron chi connectivity index (χ3n) is 2.98. The minimum Gasteiger partial charge on any atom is -0.385 e. The molecule has 0 heterocycles. The number of anilines is 1. The van der Waals surface area contributed by atoms with Gasteiger partial charge in [0.15, 0.2) is 0 Å². The summed E-state index contributed by atoms with van der Waals surface area (Å²) in [5.41, 5.74) is 1.74. The van der Waals surface area contributed by atoms with Crippen LogP contribution in [0.4, 0.5) is 11.4 Å². The predicted octanol–water partition coefficient (Wildman–Crippen LogP) is 3.12. The normalized spacial score (nSPS) is 14.8. The van der Waals surface area contributed by atoms with Crippen LogP contribution in [0.5, 0.6) is 0 Å². The van der Waals surface area contributed by atoms with Crippen LogP contribution < -0.4 is 5.32 Å². The van der Waals surface area contributed by atoms with Crippen molar-refractivity contribution in [2.75, 3.05) is 11.9 Å². The summed E-state index contributed by atoms with van der Waals surface area (Å²) in [4.78, 5) is 10.4. The Morgan fingerprint density at radius 3 is 2.88 bits per heavy atom. The third-order valence-corrected chi connectivity index (χ3v) is 2.98. The maximum absolute atomic E-state index is 10.7.